The van der Waals surface area contributed by atoms with Crippen molar-refractivity contribution in [2.45, 2.75) is 25.8 Å². The second-order valence-electron chi connectivity index (χ2n) is 4.75. The monoisotopic (exact) mass is 284 g/mol. The Balaban J connectivity index is 2.00. The number of pyridine rings is 1. The number of hydrogen-bond donors (Lipinski definition) is 1. The Morgan fingerprint density at radius 1 is 1.58 bits per heavy atom. The first kappa shape index (κ1) is 14.0. The predicted octanol–water partition coefficient (Wildman–Crippen LogP) is 2.54. The fourth-order valence-corrected chi connectivity index (χ4v) is 2.41. The average molecular weight is 285 g/mol. The van der Waals surface area contributed by atoms with E-state index >= 15 is 0 Å². The lowest BCUT2D eigenvalue weighted by atomic mass is 10.3. The topological polar surface area (TPSA) is 71.3 Å². The third-order valence-corrected chi connectivity index (χ3v) is 3.57. The lowest BCUT2D eigenvalue weighted by molar-refractivity contribution is -0.384. The van der Waals surface area contributed by atoms with Crippen LogP contribution in [0.25, 0.3) is 0 Å². The van der Waals surface area contributed by atoms with Crippen molar-refractivity contribution in [1.82, 2.24) is 9.88 Å². The van der Waals surface area contributed by atoms with Gasteiger partial charge in [0.15, 0.2) is 0 Å². The molecule has 1 unspecified atom stereocenters. The highest BCUT2D eigenvalue weighted by atomic mass is 35.5. The van der Waals surface area contributed by atoms with Gasteiger partial charge in [-0.3, -0.25) is 15.0 Å². The summed E-state index contributed by atoms with van der Waals surface area (Å²) in [6.07, 6.45) is 3.87. The zero-order valence-corrected chi connectivity index (χ0v) is 11.6. The van der Waals surface area contributed by atoms with Gasteiger partial charge in [0, 0.05) is 24.8 Å². The summed E-state index contributed by atoms with van der Waals surface area (Å²) in [5.74, 6) is 0.278. The Hall–Kier alpha value is -1.40. The zero-order chi connectivity index (χ0) is 13.8. The quantitative estimate of drug-likeness (QED) is 0.664. The van der Waals surface area contributed by atoms with Gasteiger partial charge in [-0.1, -0.05) is 11.6 Å². The van der Waals surface area contributed by atoms with Gasteiger partial charge in [-0.05, 0) is 32.9 Å². The largest absolute Gasteiger partial charge is 0.363 e. The van der Waals surface area contributed by atoms with E-state index < -0.39 is 4.92 Å². The van der Waals surface area contributed by atoms with Crippen molar-refractivity contribution in [2.75, 3.05) is 25.0 Å². The predicted molar refractivity (Wildman–Crippen MR) is 74.7 cm³/mol. The van der Waals surface area contributed by atoms with Crippen molar-refractivity contribution < 1.29 is 4.92 Å². The molecule has 2 heterocycles. The number of nitrogens with zero attached hydrogens (tertiary/aromatic N) is 3. The molecule has 1 N–H and O–H groups in total. The van der Waals surface area contributed by atoms with Crippen LogP contribution in [0.1, 0.15) is 19.8 Å². The fourth-order valence-electron chi connectivity index (χ4n) is 2.26. The molecule has 0 saturated carbocycles. The molecule has 0 amide bonds. The first-order valence-electron chi connectivity index (χ1n) is 6.36. The van der Waals surface area contributed by atoms with Crippen molar-refractivity contribution in [3.8, 4) is 0 Å². The Labute approximate surface area is 116 Å². The van der Waals surface area contributed by atoms with E-state index in [1.165, 1.54) is 25.1 Å². The minimum absolute atomic E-state index is 0.0823. The third-order valence-electron chi connectivity index (χ3n) is 3.36. The van der Waals surface area contributed by atoms with Gasteiger partial charge in [0.2, 0.25) is 5.82 Å². The van der Waals surface area contributed by atoms with Crippen LogP contribution in [-0.2, 0) is 0 Å². The van der Waals surface area contributed by atoms with E-state index in [0.717, 1.165) is 13.1 Å². The summed E-state index contributed by atoms with van der Waals surface area (Å²) in [7, 11) is 0. The maximum atomic E-state index is 10.9. The van der Waals surface area contributed by atoms with E-state index in [9.17, 15) is 10.1 Å². The lowest BCUT2D eigenvalue weighted by Crippen LogP contribution is -2.35. The van der Waals surface area contributed by atoms with Crippen molar-refractivity contribution >= 4 is 23.1 Å². The molecule has 0 spiro atoms. The second kappa shape index (κ2) is 6.16. The van der Waals surface area contributed by atoms with Crippen molar-refractivity contribution in [3.63, 3.8) is 0 Å². The van der Waals surface area contributed by atoms with E-state index in [0.29, 0.717) is 12.6 Å². The van der Waals surface area contributed by atoms with Crippen LogP contribution in [0.5, 0.6) is 0 Å². The van der Waals surface area contributed by atoms with Gasteiger partial charge in [-0.2, -0.15) is 0 Å². The fraction of sp³-hybridized carbons (Fsp3) is 0.583. The molecule has 1 aromatic rings. The van der Waals surface area contributed by atoms with E-state index in [1.54, 1.807) is 0 Å². The first-order valence-corrected chi connectivity index (χ1v) is 6.73. The molecule has 0 aromatic carbocycles. The van der Waals surface area contributed by atoms with Gasteiger partial charge in [0.25, 0.3) is 0 Å². The molecule has 0 radical (unpaired) electrons. The molecular formula is C12H17ClN4O2. The number of halogens is 1. The molecule has 104 valence electrons. The van der Waals surface area contributed by atoms with Crippen LogP contribution < -0.4 is 5.32 Å². The van der Waals surface area contributed by atoms with Crippen LogP contribution in [0.3, 0.4) is 0 Å². The van der Waals surface area contributed by atoms with Gasteiger partial charge in [-0.15, -0.1) is 0 Å². The summed E-state index contributed by atoms with van der Waals surface area (Å²) in [5, 5.41) is 14.2. The SMILES string of the molecule is CC(CNc1ncc(Cl)cc1[N+](=O)[O-])N1CCCC1. The smallest absolute Gasteiger partial charge is 0.312 e. The summed E-state index contributed by atoms with van der Waals surface area (Å²) in [6, 6.07) is 1.65. The van der Waals surface area contributed by atoms with Crippen LogP contribution in [0.15, 0.2) is 12.3 Å². The van der Waals surface area contributed by atoms with E-state index in [2.05, 4.69) is 22.1 Å². The summed E-state index contributed by atoms with van der Waals surface area (Å²) >= 11 is 5.72. The molecular weight excluding hydrogens is 268 g/mol. The Morgan fingerprint density at radius 2 is 2.26 bits per heavy atom. The first-order chi connectivity index (χ1) is 9.08. The molecule has 2 rings (SSSR count). The molecule has 1 aromatic heterocycles. The van der Waals surface area contributed by atoms with Crippen LogP contribution >= 0.6 is 11.6 Å². The number of nitrogens with one attached hydrogen (secondary N) is 1. The summed E-state index contributed by atoms with van der Waals surface area (Å²) in [4.78, 5) is 16.8. The minimum Gasteiger partial charge on any atom is -0.363 e. The normalized spacial score (nSPS) is 17.4. The molecule has 19 heavy (non-hydrogen) atoms. The molecule has 0 bridgehead atoms. The van der Waals surface area contributed by atoms with Crippen molar-refractivity contribution in [2.24, 2.45) is 0 Å². The van der Waals surface area contributed by atoms with E-state index in [-0.39, 0.29) is 16.5 Å². The van der Waals surface area contributed by atoms with Crippen LogP contribution in [-0.4, -0.2) is 40.5 Å². The lowest BCUT2D eigenvalue weighted by Gasteiger charge is -2.23. The number of hydrogen-bond acceptors (Lipinski definition) is 5. The number of nitro groups is 1. The molecule has 1 atom stereocenters. The summed E-state index contributed by atoms with van der Waals surface area (Å²) < 4.78 is 0. The number of anilines is 1. The standard InChI is InChI=1S/C12H17ClN4O2/c1-9(16-4-2-3-5-16)7-14-12-11(17(18)19)6-10(13)8-15-12/h6,8-9H,2-5,7H2,1H3,(H,14,15). The maximum absolute atomic E-state index is 10.9. The van der Waals surface area contributed by atoms with E-state index in [1.807, 2.05) is 0 Å². The number of rotatable bonds is 5. The highest BCUT2D eigenvalue weighted by molar-refractivity contribution is 6.30. The molecule has 7 heteroatoms. The van der Waals surface area contributed by atoms with Gasteiger partial charge in [-0.25, -0.2) is 4.98 Å². The molecule has 0 aliphatic carbocycles. The summed E-state index contributed by atoms with van der Waals surface area (Å²) in [5.41, 5.74) is -0.0823. The van der Waals surface area contributed by atoms with Gasteiger partial charge in [0.1, 0.15) is 0 Å². The Morgan fingerprint density at radius 3 is 2.89 bits per heavy atom. The molecule has 1 aliphatic heterocycles. The van der Waals surface area contributed by atoms with Gasteiger partial charge in [0.05, 0.1) is 9.95 Å². The minimum atomic E-state index is -0.471. The van der Waals surface area contributed by atoms with E-state index in [4.69, 9.17) is 11.6 Å². The third kappa shape index (κ3) is 3.54. The van der Waals surface area contributed by atoms with Crippen LogP contribution in [0, 0.1) is 10.1 Å². The van der Waals surface area contributed by atoms with Crippen molar-refractivity contribution in [1.29, 1.82) is 0 Å². The molecule has 6 nitrogen and oxygen atoms in total. The summed E-state index contributed by atoms with van der Waals surface area (Å²) in [6.45, 7) is 4.94. The number of likely N-dealkylation sites (tertiary alicyclic amines) is 1. The van der Waals surface area contributed by atoms with Gasteiger partial charge >= 0.3 is 5.69 Å². The highest BCUT2D eigenvalue weighted by Gasteiger charge is 2.20. The van der Waals surface area contributed by atoms with Crippen LogP contribution in [0.4, 0.5) is 11.5 Å². The molecule has 1 aliphatic rings. The van der Waals surface area contributed by atoms with Crippen LogP contribution in [0.2, 0.25) is 5.02 Å². The maximum Gasteiger partial charge on any atom is 0.312 e. The second-order valence-corrected chi connectivity index (χ2v) is 5.19. The zero-order valence-electron chi connectivity index (χ0n) is 10.8. The Bertz CT molecular complexity index is 463. The number of aromatic nitrogens is 1. The highest BCUT2D eigenvalue weighted by Crippen LogP contribution is 2.25. The average Bonchev–Trinajstić information content (AvgIpc) is 2.90. The van der Waals surface area contributed by atoms with Gasteiger partial charge < -0.3 is 5.32 Å². The Kier molecular flexibility index (Phi) is 4.55. The van der Waals surface area contributed by atoms with Crippen molar-refractivity contribution in [3.05, 3.63) is 27.4 Å². The molecule has 1 saturated heterocycles. The molecule has 1 fully saturated rings.